The Labute approximate surface area is 217 Å². The van der Waals surface area contributed by atoms with Crippen LogP contribution in [0.1, 0.15) is 41.8 Å². The molecule has 2 heterocycles. The van der Waals surface area contributed by atoms with E-state index in [2.05, 4.69) is 15.2 Å². The third-order valence-corrected chi connectivity index (χ3v) is 6.22. The SMILES string of the molecule is CCNc1cc2c(cn1)C(=O)N(c1cccc(OC(CCCOC(N)=O)c3ccccc3)c1)CCN2C. The van der Waals surface area contributed by atoms with Crippen molar-refractivity contribution in [3.63, 3.8) is 0 Å². The zero-order valence-corrected chi connectivity index (χ0v) is 21.2. The van der Waals surface area contributed by atoms with Crippen LogP contribution in [0.5, 0.6) is 5.75 Å². The van der Waals surface area contributed by atoms with E-state index in [4.69, 9.17) is 15.2 Å². The van der Waals surface area contributed by atoms with E-state index in [9.17, 15) is 9.59 Å². The Morgan fingerprint density at radius 3 is 2.70 bits per heavy atom. The van der Waals surface area contributed by atoms with Gasteiger partial charge in [0.15, 0.2) is 0 Å². The molecule has 0 aliphatic carbocycles. The van der Waals surface area contributed by atoms with E-state index in [-0.39, 0.29) is 18.6 Å². The first-order valence-corrected chi connectivity index (χ1v) is 12.5. The Bertz CT molecular complexity index is 1220. The highest BCUT2D eigenvalue weighted by Gasteiger charge is 2.27. The summed E-state index contributed by atoms with van der Waals surface area (Å²) >= 11 is 0. The quantitative estimate of drug-likeness (QED) is 0.389. The molecule has 0 spiro atoms. The number of carbonyl (C=O) groups excluding carboxylic acids is 2. The van der Waals surface area contributed by atoms with Gasteiger partial charge >= 0.3 is 6.09 Å². The molecule has 0 bridgehead atoms. The van der Waals surface area contributed by atoms with Gasteiger partial charge in [-0.25, -0.2) is 9.78 Å². The van der Waals surface area contributed by atoms with Crippen LogP contribution in [0.4, 0.5) is 22.0 Å². The number of fused-ring (bicyclic) bond motifs is 1. The van der Waals surface area contributed by atoms with Gasteiger partial charge in [-0.2, -0.15) is 0 Å². The van der Waals surface area contributed by atoms with Gasteiger partial charge in [0.1, 0.15) is 17.7 Å². The van der Waals surface area contributed by atoms with Crippen molar-refractivity contribution in [1.82, 2.24) is 4.98 Å². The van der Waals surface area contributed by atoms with Gasteiger partial charge in [-0.3, -0.25) is 4.79 Å². The monoisotopic (exact) mass is 503 g/mol. The highest BCUT2D eigenvalue weighted by atomic mass is 16.5. The van der Waals surface area contributed by atoms with Crippen molar-refractivity contribution >= 4 is 29.2 Å². The normalized spacial score (nSPS) is 13.9. The van der Waals surface area contributed by atoms with E-state index in [1.54, 1.807) is 11.1 Å². The number of aromatic nitrogens is 1. The molecule has 2 amide bonds. The molecule has 4 rings (SSSR count). The van der Waals surface area contributed by atoms with Gasteiger partial charge in [0.25, 0.3) is 5.91 Å². The molecule has 1 unspecified atom stereocenters. The number of nitrogens with two attached hydrogens (primary N) is 1. The minimum absolute atomic E-state index is 0.102. The van der Waals surface area contributed by atoms with Gasteiger partial charge in [-0.05, 0) is 37.5 Å². The Balaban J connectivity index is 1.55. The summed E-state index contributed by atoms with van der Waals surface area (Å²) in [5.41, 5.74) is 8.26. The molecule has 1 aromatic heterocycles. The summed E-state index contributed by atoms with van der Waals surface area (Å²) in [6.45, 7) is 4.18. The molecule has 0 saturated heterocycles. The molecule has 0 fully saturated rings. The molecule has 37 heavy (non-hydrogen) atoms. The largest absolute Gasteiger partial charge is 0.486 e. The number of carbonyl (C=O) groups is 2. The Hall–Kier alpha value is -4.27. The summed E-state index contributed by atoms with van der Waals surface area (Å²) in [7, 11) is 1.98. The van der Waals surface area contributed by atoms with E-state index in [0.717, 1.165) is 29.3 Å². The van der Waals surface area contributed by atoms with Crippen molar-refractivity contribution < 1.29 is 19.1 Å². The second kappa shape index (κ2) is 12.1. The van der Waals surface area contributed by atoms with Gasteiger partial charge in [-0.15, -0.1) is 0 Å². The first-order valence-electron chi connectivity index (χ1n) is 12.5. The van der Waals surface area contributed by atoms with Crippen LogP contribution < -0.4 is 25.6 Å². The number of rotatable bonds is 10. The average Bonchev–Trinajstić information content (AvgIpc) is 3.02. The van der Waals surface area contributed by atoms with Crippen molar-refractivity contribution in [1.29, 1.82) is 0 Å². The lowest BCUT2D eigenvalue weighted by molar-refractivity contribution is 0.0989. The second-order valence-electron chi connectivity index (χ2n) is 8.82. The van der Waals surface area contributed by atoms with Gasteiger partial charge in [0, 0.05) is 50.7 Å². The van der Waals surface area contributed by atoms with Gasteiger partial charge in [0.05, 0.1) is 17.9 Å². The molecule has 9 heteroatoms. The molecule has 1 aliphatic heterocycles. The van der Waals surface area contributed by atoms with Gasteiger partial charge in [-0.1, -0.05) is 36.4 Å². The van der Waals surface area contributed by atoms with E-state index >= 15 is 0 Å². The number of hydrogen-bond donors (Lipinski definition) is 2. The molecular weight excluding hydrogens is 470 g/mol. The summed E-state index contributed by atoms with van der Waals surface area (Å²) in [6, 6.07) is 19.4. The topological polar surface area (TPSA) is 110 Å². The van der Waals surface area contributed by atoms with Crippen molar-refractivity contribution in [2.45, 2.75) is 25.9 Å². The highest BCUT2D eigenvalue weighted by molar-refractivity contribution is 6.10. The Kier molecular flexibility index (Phi) is 8.45. The van der Waals surface area contributed by atoms with Crippen LogP contribution in [-0.4, -0.2) is 50.3 Å². The van der Waals surface area contributed by atoms with Crippen LogP contribution >= 0.6 is 0 Å². The zero-order valence-electron chi connectivity index (χ0n) is 21.2. The predicted octanol–water partition coefficient (Wildman–Crippen LogP) is 4.61. The summed E-state index contributed by atoms with van der Waals surface area (Å²) in [6.07, 6.45) is 1.82. The smallest absolute Gasteiger partial charge is 0.404 e. The molecule has 3 aromatic rings. The fourth-order valence-corrected chi connectivity index (χ4v) is 4.36. The fourth-order valence-electron chi connectivity index (χ4n) is 4.36. The summed E-state index contributed by atoms with van der Waals surface area (Å²) in [5, 5.41) is 3.21. The maximum absolute atomic E-state index is 13.6. The second-order valence-corrected chi connectivity index (χ2v) is 8.82. The van der Waals surface area contributed by atoms with Crippen LogP contribution in [0, 0.1) is 0 Å². The Morgan fingerprint density at radius 2 is 1.95 bits per heavy atom. The summed E-state index contributed by atoms with van der Waals surface area (Å²) in [5.74, 6) is 1.29. The minimum Gasteiger partial charge on any atom is -0.486 e. The van der Waals surface area contributed by atoms with Crippen molar-refractivity contribution in [2.24, 2.45) is 5.73 Å². The number of ether oxygens (including phenoxy) is 2. The van der Waals surface area contributed by atoms with E-state index < -0.39 is 6.09 Å². The van der Waals surface area contributed by atoms with Crippen molar-refractivity contribution in [3.05, 3.63) is 78.0 Å². The van der Waals surface area contributed by atoms with Crippen LogP contribution in [0.3, 0.4) is 0 Å². The molecule has 0 radical (unpaired) electrons. The number of likely N-dealkylation sites (N-methyl/N-ethyl adjacent to an activating group) is 1. The van der Waals surface area contributed by atoms with E-state index in [1.165, 1.54) is 0 Å². The molecular formula is C28H33N5O4. The molecule has 1 aliphatic rings. The number of amides is 2. The van der Waals surface area contributed by atoms with Crippen LogP contribution in [0.2, 0.25) is 0 Å². The van der Waals surface area contributed by atoms with E-state index in [0.29, 0.717) is 37.2 Å². The number of benzene rings is 2. The maximum Gasteiger partial charge on any atom is 0.404 e. The lowest BCUT2D eigenvalue weighted by atomic mass is 10.0. The number of nitrogens with zero attached hydrogens (tertiary/aromatic N) is 3. The predicted molar refractivity (Wildman–Crippen MR) is 144 cm³/mol. The van der Waals surface area contributed by atoms with Gasteiger partial charge < -0.3 is 30.3 Å². The highest BCUT2D eigenvalue weighted by Crippen LogP contribution is 2.32. The number of nitrogens with one attached hydrogen (secondary N) is 1. The third-order valence-electron chi connectivity index (χ3n) is 6.22. The number of primary amides is 1. The molecule has 9 nitrogen and oxygen atoms in total. The number of pyridine rings is 1. The first-order chi connectivity index (χ1) is 18.0. The Morgan fingerprint density at radius 1 is 1.14 bits per heavy atom. The molecule has 0 saturated carbocycles. The molecule has 1 atom stereocenters. The standard InChI is InChI=1S/C28H33N5O4/c1-3-30-26-18-24-23(19-31-26)27(34)33(15-14-32(24)2)21-11-7-12-22(17-21)37-25(13-8-16-36-28(29)35)20-9-5-4-6-10-20/h4-7,9-12,17-19,25H,3,8,13-16H2,1-2H3,(H2,29,35)(H,30,31). The van der Waals surface area contributed by atoms with E-state index in [1.807, 2.05) is 74.6 Å². The minimum atomic E-state index is -0.785. The fraction of sp³-hybridized carbons (Fsp3) is 0.321. The lowest BCUT2D eigenvalue weighted by Gasteiger charge is -2.24. The van der Waals surface area contributed by atoms with Gasteiger partial charge in [0.2, 0.25) is 0 Å². The summed E-state index contributed by atoms with van der Waals surface area (Å²) in [4.78, 5) is 32.8. The van der Waals surface area contributed by atoms with Crippen molar-refractivity contribution in [2.75, 3.05) is 48.4 Å². The first kappa shape index (κ1) is 25.8. The average molecular weight is 504 g/mol. The number of anilines is 3. The van der Waals surface area contributed by atoms with Crippen LogP contribution in [0.25, 0.3) is 0 Å². The molecule has 2 aromatic carbocycles. The van der Waals surface area contributed by atoms with Crippen LogP contribution in [0.15, 0.2) is 66.9 Å². The summed E-state index contributed by atoms with van der Waals surface area (Å²) < 4.78 is 11.3. The molecule has 194 valence electrons. The zero-order chi connectivity index (χ0) is 26.2. The number of hydrogen-bond acceptors (Lipinski definition) is 7. The lowest BCUT2D eigenvalue weighted by Crippen LogP contribution is -2.33. The molecule has 3 N–H and O–H groups in total. The maximum atomic E-state index is 13.6. The van der Waals surface area contributed by atoms with Crippen molar-refractivity contribution in [3.8, 4) is 5.75 Å². The van der Waals surface area contributed by atoms with Crippen LogP contribution in [-0.2, 0) is 4.74 Å². The third kappa shape index (κ3) is 6.49.